The number of anilines is 3. The van der Waals surface area contributed by atoms with Crippen LogP contribution in [0.4, 0.5) is 17.1 Å². The normalized spacial score (nSPS) is 19.1. The van der Waals surface area contributed by atoms with E-state index in [1.54, 1.807) is 6.08 Å². The Labute approximate surface area is 230 Å². The van der Waals surface area contributed by atoms with Crippen molar-refractivity contribution in [3.8, 4) is 0 Å². The number of rotatable bonds is 5. The first-order valence-electron chi connectivity index (χ1n) is 13.2. The molecule has 5 nitrogen and oxygen atoms in total. The molecule has 1 unspecified atom stereocenters. The molecule has 6 heteroatoms. The molecule has 0 spiro atoms. The number of thiocarbonyl (C=S) groups is 1. The Morgan fingerprint density at radius 3 is 1.97 bits per heavy atom. The van der Waals surface area contributed by atoms with Crippen LogP contribution >= 0.6 is 12.2 Å². The van der Waals surface area contributed by atoms with Crippen molar-refractivity contribution in [3.63, 3.8) is 0 Å². The van der Waals surface area contributed by atoms with Crippen LogP contribution in [0, 0.1) is 0 Å². The summed E-state index contributed by atoms with van der Waals surface area (Å²) >= 11 is 5.72. The molecule has 0 bridgehead atoms. The van der Waals surface area contributed by atoms with Crippen LogP contribution in [0.3, 0.4) is 0 Å². The van der Waals surface area contributed by atoms with Crippen LogP contribution in [-0.4, -0.2) is 29.0 Å². The number of carbonyl (C=O) groups is 2. The highest BCUT2D eigenvalue weighted by Crippen LogP contribution is 2.44. The average Bonchev–Trinajstić information content (AvgIpc) is 2.90. The molecule has 0 saturated carbocycles. The van der Waals surface area contributed by atoms with Gasteiger partial charge >= 0.3 is 0 Å². The van der Waals surface area contributed by atoms with Gasteiger partial charge in [-0.15, -0.1) is 0 Å². The minimum absolute atomic E-state index is 0.0692. The second-order valence-electron chi connectivity index (χ2n) is 10.7. The first-order valence-corrected chi connectivity index (χ1v) is 13.6. The molecule has 1 atom stereocenters. The van der Waals surface area contributed by atoms with Gasteiger partial charge in [-0.1, -0.05) is 56.3 Å². The number of fused-ring (bicyclic) bond motifs is 1. The summed E-state index contributed by atoms with van der Waals surface area (Å²) in [5.74, 6) is -0.478. The highest BCUT2D eigenvalue weighted by atomic mass is 32.1. The minimum atomic E-state index is -0.419. The van der Waals surface area contributed by atoms with Crippen molar-refractivity contribution in [2.45, 2.75) is 52.0 Å². The molecule has 0 aromatic heterocycles. The van der Waals surface area contributed by atoms with Gasteiger partial charge in [0.2, 0.25) is 0 Å². The predicted molar refractivity (Wildman–Crippen MR) is 160 cm³/mol. The number of hydrogen-bond donors (Lipinski definition) is 0. The van der Waals surface area contributed by atoms with Crippen LogP contribution in [0.5, 0.6) is 0 Å². The lowest BCUT2D eigenvalue weighted by molar-refractivity contribution is -0.120. The summed E-state index contributed by atoms with van der Waals surface area (Å²) in [7, 11) is 0. The van der Waals surface area contributed by atoms with Gasteiger partial charge in [-0.05, 0) is 98.4 Å². The minimum Gasteiger partial charge on any atom is -0.366 e. The van der Waals surface area contributed by atoms with Crippen molar-refractivity contribution < 1.29 is 9.59 Å². The Balaban J connectivity index is 1.61. The molecule has 2 aliphatic heterocycles. The fourth-order valence-corrected chi connectivity index (χ4v) is 6.13. The molecule has 0 aliphatic carbocycles. The van der Waals surface area contributed by atoms with Crippen LogP contribution in [0.2, 0.25) is 0 Å². The van der Waals surface area contributed by atoms with E-state index >= 15 is 0 Å². The van der Waals surface area contributed by atoms with Crippen molar-refractivity contribution in [2.24, 2.45) is 0 Å². The van der Waals surface area contributed by atoms with E-state index in [9.17, 15) is 9.59 Å². The summed E-state index contributed by atoms with van der Waals surface area (Å²) in [6.45, 7) is 10.0. The van der Waals surface area contributed by atoms with Gasteiger partial charge < -0.3 is 4.90 Å². The van der Waals surface area contributed by atoms with Crippen molar-refractivity contribution in [1.82, 2.24) is 0 Å². The van der Waals surface area contributed by atoms with Gasteiger partial charge in [0, 0.05) is 17.8 Å². The van der Waals surface area contributed by atoms with Crippen LogP contribution in [-0.2, 0) is 9.59 Å². The number of para-hydroxylation sites is 2. The quantitative estimate of drug-likeness (QED) is 0.206. The third-order valence-electron chi connectivity index (χ3n) is 7.45. The highest BCUT2D eigenvalue weighted by Gasteiger charge is 2.41. The summed E-state index contributed by atoms with van der Waals surface area (Å²) in [5.41, 5.74) is 4.71. The topological polar surface area (TPSA) is 43.9 Å². The van der Waals surface area contributed by atoms with E-state index in [0.717, 1.165) is 24.9 Å². The van der Waals surface area contributed by atoms with Crippen molar-refractivity contribution in [2.75, 3.05) is 21.2 Å². The zero-order valence-corrected chi connectivity index (χ0v) is 23.2. The summed E-state index contributed by atoms with van der Waals surface area (Å²) in [5, 5.41) is 0.144. The van der Waals surface area contributed by atoms with E-state index in [-0.39, 0.29) is 16.2 Å². The lowest BCUT2D eigenvalue weighted by atomic mass is 9.79. The SMILES string of the molecule is CCCN1c2ccc(C=C3C(=O)N(c4ccccc4)C(=S)N(c4ccccc4)C3=O)cc2C(C)CC1(C)C. The summed E-state index contributed by atoms with van der Waals surface area (Å²) in [6.07, 6.45) is 3.82. The Hall–Kier alpha value is -3.77. The smallest absolute Gasteiger partial charge is 0.270 e. The standard InChI is InChI=1S/C32H33N3O2S/c1-5-18-33-28-17-16-23(19-26(28)22(2)21-32(33,3)4)20-27-29(36)34(24-12-8-6-9-13-24)31(38)35(30(27)37)25-14-10-7-11-15-25/h6-17,19-20,22H,5,18,21H2,1-4H3. The van der Waals surface area contributed by atoms with Crippen LogP contribution in [0.15, 0.2) is 84.4 Å². The molecule has 0 N–H and O–H groups in total. The van der Waals surface area contributed by atoms with Gasteiger partial charge in [0.1, 0.15) is 5.57 Å². The molecule has 3 aromatic carbocycles. The molecule has 0 radical (unpaired) electrons. The van der Waals surface area contributed by atoms with Gasteiger partial charge in [0.25, 0.3) is 11.8 Å². The predicted octanol–water partition coefficient (Wildman–Crippen LogP) is 6.94. The fourth-order valence-electron chi connectivity index (χ4n) is 5.75. The summed E-state index contributed by atoms with van der Waals surface area (Å²) < 4.78 is 0. The van der Waals surface area contributed by atoms with Gasteiger partial charge in [-0.3, -0.25) is 19.4 Å². The molecule has 194 valence electrons. The van der Waals surface area contributed by atoms with E-state index in [4.69, 9.17) is 12.2 Å². The van der Waals surface area contributed by atoms with Crippen molar-refractivity contribution in [3.05, 3.63) is 95.6 Å². The lowest BCUT2D eigenvalue weighted by Crippen LogP contribution is -2.56. The van der Waals surface area contributed by atoms with Crippen molar-refractivity contribution in [1.29, 1.82) is 0 Å². The largest absolute Gasteiger partial charge is 0.366 e. The Morgan fingerprint density at radius 2 is 1.45 bits per heavy atom. The molecule has 5 rings (SSSR count). The van der Waals surface area contributed by atoms with Crippen molar-refractivity contribution >= 4 is 52.3 Å². The van der Waals surface area contributed by atoms with E-state index in [0.29, 0.717) is 17.3 Å². The second-order valence-corrected chi connectivity index (χ2v) is 11.0. The molecular formula is C32H33N3O2S. The van der Waals surface area contributed by atoms with Gasteiger partial charge in [-0.2, -0.15) is 0 Å². The molecule has 2 heterocycles. The average molecular weight is 524 g/mol. The third-order valence-corrected chi connectivity index (χ3v) is 7.81. The van der Waals surface area contributed by atoms with Crippen LogP contribution in [0.25, 0.3) is 6.08 Å². The van der Waals surface area contributed by atoms with Gasteiger partial charge in [0.05, 0.1) is 11.4 Å². The maximum atomic E-state index is 13.8. The Kier molecular flexibility index (Phi) is 6.93. The van der Waals surface area contributed by atoms with E-state index < -0.39 is 11.8 Å². The zero-order valence-electron chi connectivity index (χ0n) is 22.3. The number of carbonyl (C=O) groups excluding carboxylic acids is 2. The highest BCUT2D eigenvalue weighted by molar-refractivity contribution is 7.81. The second kappa shape index (κ2) is 10.2. The number of hydrogen-bond acceptors (Lipinski definition) is 4. The van der Waals surface area contributed by atoms with E-state index in [1.165, 1.54) is 21.1 Å². The first-order chi connectivity index (χ1) is 18.2. The maximum Gasteiger partial charge on any atom is 0.270 e. The molecule has 38 heavy (non-hydrogen) atoms. The Morgan fingerprint density at radius 1 is 0.895 bits per heavy atom. The maximum absolute atomic E-state index is 13.8. The molecule has 1 fully saturated rings. The molecule has 2 aliphatic rings. The van der Waals surface area contributed by atoms with E-state index in [1.807, 2.05) is 66.7 Å². The van der Waals surface area contributed by atoms with Crippen LogP contribution < -0.4 is 14.7 Å². The van der Waals surface area contributed by atoms with Gasteiger partial charge in [0.15, 0.2) is 5.11 Å². The van der Waals surface area contributed by atoms with Crippen LogP contribution in [0.1, 0.15) is 57.6 Å². The molecule has 1 saturated heterocycles. The molecule has 3 aromatic rings. The number of nitrogens with zero attached hydrogens (tertiary/aromatic N) is 3. The monoisotopic (exact) mass is 523 g/mol. The number of benzene rings is 3. The summed E-state index contributed by atoms with van der Waals surface area (Å²) in [6, 6.07) is 24.8. The first kappa shape index (κ1) is 25.9. The van der Waals surface area contributed by atoms with E-state index in [2.05, 4.69) is 44.7 Å². The molecule has 2 amide bonds. The number of amides is 2. The fraction of sp³-hybridized carbons (Fsp3) is 0.281. The Bertz CT molecular complexity index is 1350. The summed E-state index contributed by atoms with van der Waals surface area (Å²) in [4.78, 5) is 33.0. The molecular weight excluding hydrogens is 490 g/mol. The zero-order chi connectivity index (χ0) is 27.0. The third kappa shape index (κ3) is 4.54. The lowest BCUT2D eigenvalue weighted by Gasteiger charge is -2.47. The van der Waals surface area contributed by atoms with Gasteiger partial charge in [-0.25, -0.2) is 0 Å².